The van der Waals surface area contributed by atoms with E-state index in [1.165, 1.54) is 13.3 Å². The molecule has 1 N–H and O–H groups in total. The standard InChI is InChI=1S/C16H18N4O4S/c1-24-15-5-3-14(4-6-15)20(25(2,22)23)12-16(21)19-18-11-13-7-9-17-10-8-13/h3-11H,12H2,1-2H3,(H,19,21)/b18-11-. The highest BCUT2D eigenvalue weighted by Crippen LogP contribution is 2.21. The quantitative estimate of drug-likeness (QED) is 0.585. The fourth-order valence-electron chi connectivity index (χ4n) is 1.94. The lowest BCUT2D eigenvalue weighted by atomic mass is 10.3. The number of rotatable bonds is 7. The Kier molecular flexibility index (Phi) is 6.07. The van der Waals surface area contributed by atoms with Gasteiger partial charge in [0.2, 0.25) is 10.0 Å². The summed E-state index contributed by atoms with van der Waals surface area (Å²) in [6.07, 6.45) is 5.67. The van der Waals surface area contributed by atoms with Crippen molar-refractivity contribution in [1.82, 2.24) is 10.4 Å². The van der Waals surface area contributed by atoms with E-state index in [0.29, 0.717) is 11.4 Å². The SMILES string of the molecule is COc1ccc(N(CC(=O)N/N=C\c2ccncc2)S(C)(=O)=O)cc1. The number of nitrogens with zero attached hydrogens (tertiary/aromatic N) is 3. The molecule has 0 aliphatic heterocycles. The second-order valence-corrected chi connectivity index (χ2v) is 6.95. The second-order valence-electron chi connectivity index (χ2n) is 5.04. The van der Waals surface area contributed by atoms with Crippen LogP contribution in [0.1, 0.15) is 5.56 Å². The summed E-state index contributed by atoms with van der Waals surface area (Å²) >= 11 is 0. The minimum Gasteiger partial charge on any atom is -0.497 e. The Morgan fingerprint density at radius 1 is 1.24 bits per heavy atom. The highest BCUT2D eigenvalue weighted by Gasteiger charge is 2.20. The molecule has 0 atom stereocenters. The average molecular weight is 362 g/mol. The smallest absolute Gasteiger partial charge is 0.260 e. The first-order valence-corrected chi connectivity index (χ1v) is 9.08. The molecular weight excluding hydrogens is 344 g/mol. The molecule has 0 unspecified atom stereocenters. The number of sulfonamides is 1. The molecule has 0 aliphatic rings. The largest absolute Gasteiger partial charge is 0.497 e. The Bertz CT molecular complexity index is 836. The van der Waals surface area contributed by atoms with Crippen molar-refractivity contribution in [1.29, 1.82) is 0 Å². The van der Waals surface area contributed by atoms with E-state index in [4.69, 9.17) is 4.74 Å². The van der Waals surface area contributed by atoms with Crippen molar-refractivity contribution in [2.75, 3.05) is 24.2 Å². The highest BCUT2D eigenvalue weighted by atomic mass is 32.2. The summed E-state index contributed by atoms with van der Waals surface area (Å²) in [5.74, 6) is 0.0233. The molecule has 0 spiro atoms. The van der Waals surface area contributed by atoms with Crippen LogP contribution in [0, 0.1) is 0 Å². The molecule has 0 radical (unpaired) electrons. The fraction of sp³-hybridized carbons (Fsp3) is 0.188. The first-order valence-electron chi connectivity index (χ1n) is 7.24. The van der Waals surface area contributed by atoms with Crippen molar-refractivity contribution in [3.8, 4) is 5.75 Å². The molecule has 0 saturated carbocycles. The number of amides is 1. The van der Waals surface area contributed by atoms with Crippen molar-refractivity contribution in [2.24, 2.45) is 5.10 Å². The molecule has 0 saturated heterocycles. The maximum atomic E-state index is 12.0. The first-order chi connectivity index (χ1) is 11.9. The molecule has 1 aromatic carbocycles. The van der Waals surface area contributed by atoms with Gasteiger partial charge in [0, 0.05) is 12.4 Å². The average Bonchev–Trinajstić information content (AvgIpc) is 2.60. The van der Waals surface area contributed by atoms with Crippen LogP contribution in [0.4, 0.5) is 5.69 Å². The van der Waals surface area contributed by atoms with Crippen LogP contribution in [0.2, 0.25) is 0 Å². The summed E-state index contributed by atoms with van der Waals surface area (Å²) in [6.45, 7) is -0.390. The molecule has 132 valence electrons. The number of benzene rings is 1. The number of hydrogen-bond acceptors (Lipinski definition) is 6. The highest BCUT2D eigenvalue weighted by molar-refractivity contribution is 7.92. The zero-order valence-corrected chi connectivity index (χ0v) is 14.6. The predicted molar refractivity (Wildman–Crippen MR) is 95.2 cm³/mol. The van der Waals surface area contributed by atoms with Crippen molar-refractivity contribution in [2.45, 2.75) is 0 Å². The van der Waals surface area contributed by atoms with E-state index >= 15 is 0 Å². The Morgan fingerprint density at radius 3 is 2.44 bits per heavy atom. The minimum absolute atomic E-state index is 0.358. The number of methoxy groups -OCH3 is 1. The Hall–Kier alpha value is -2.94. The third-order valence-corrected chi connectivity index (χ3v) is 4.30. The molecular formula is C16H18N4O4S. The van der Waals surface area contributed by atoms with E-state index < -0.39 is 22.5 Å². The van der Waals surface area contributed by atoms with Crippen LogP contribution in [-0.2, 0) is 14.8 Å². The second kappa shape index (κ2) is 8.25. The van der Waals surface area contributed by atoms with Gasteiger partial charge in [0.1, 0.15) is 12.3 Å². The van der Waals surface area contributed by atoms with Crippen LogP contribution >= 0.6 is 0 Å². The van der Waals surface area contributed by atoms with E-state index in [9.17, 15) is 13.2 Å². The molecule has 2 rings (SSSR count). The van der Waals surface area contributed by atoms with Gasteiger partial charge in [0.25, 0.3) is 5.91 Å². The lowest BCUT2D eigenvalue weighted by Crippen LogP contribution is -2.39. The van der Waals surface area contributed by atoms with Gasteiger partial charge < -0.3 is 4.74 Å². The lowest BCUT2D eigenvalue weighted by Gasteiger charge is -2.21. The molecule has 8 nitrogen and oxygen atoms in total. The third kappa shape index (κ3) is 5.57. The van der Waals surface area contributed by atoms with Crippen LogP contribution < -0.4 is 14.5 Å². The Labute approximate surface area is 146 Å². The van der Waals surface area contributed by atoms with Gasteiger partial charge >= 0.3 is 0 Å². The lowest BCUT2D eigenvalue weighted by molar-refractivity contribution is -0.119. The van der Waals surface area contributed by atoms with Crippen molar-refractivity contribution in [3.05, 3.63) is 54.4 Å². The van der Waals surface area contributed by atoms with E-state index in [1.54, 1.807) is 48.8 Å². The van der Waals surface area contributed by atoms with Gasteiger partial charge in [-0.2, -0.15) is 5.10 Å². The maximum absolute atomic E-state index is 12.0. The summed E-state index contributed by atoms with van der Waals surface area (Å²) in [5, 5.41) is 3.80. The number of aromatic nitrogens is 1. The predicted octanol–water partition coefficient (Wildman–Crippen LogP) is 1.01. The topological polar surface area (TPSA) is 101 Å². The van der Waals surface area contributed by atoms with Crippen LogP contribution in [0.3, 0.4) is 0 Å². The summed E-state index contributed by atoms with van der Waals surface area (Å²) < 4.78 is 30.0. The number of anilines is 1. The molecule has 0 aliphatic carbocycles. The van der Waals surface area contributed by atoms with Gasteiger partial charge in [-0.05, 0) is 42.0 Å². The number of hydrogen-bond donors (Lipinski definition) is 1. The molecule has 1 aromatic heterocycles. The zero-order valence-electron chi connectivity index (χ0n) is 13.8. The number of carbonyl (C=O) groups is 1. The Morgan fingerprint density at radius 2 is 1.88 bits per heavy atom. The van der Waals surface area contributed by atoms with Gasteiger partial charge in [-0.15, -0.1) is 0 Å². The third-order valence-electron chi connectivity index (χ3n) is 3.16. The van der Waals surface area contributed by atoms with E-state index in [0.717, 1.165) is 16.1 Å². The number of hydrazone groups is 1. The first kappa shape index (κ1) is 18.4. The van der Waals surface area contributed by atoms with Crippen molar-refractivity contribution in [3.63, 3.8) is 0 Å². The maximum Gasteiger partial charge on any atom is 0.260 e. The molecule has 25 heavy (non-hydrogen) atoms. The summed E-state index contributed by atoms with van der Waals surface area (Å²) in [5.41, 5.74) is 3.42. The van der Waals surface area contributed by atoms with Crippen LogP contribution in [0.15, 0.2) is 53.9 Å². The number of carbonyl (C=O) groups excluding carboxylic acids is 1. The summed E-state index contributed by atoms with van der Waals surface area (Å²) in [6, 6.07) is 9.80. The van der Waals surface area contributed by atoms with Gasteiger partial charge in [-0.3, -0.25) is 14.1 Å². The van der Waals surface area contributed by atoms with Gasteiger partial charge in [-0.1, -0.05) is 0 Å². The van der Waals surface area contributed by atoms with Crippen LogP contribution in [0.25, 0.3) is 0 Å². The molecule has 0 bridgehead atoms. The molecule has 1 heterocycles. The minimum atomic E-state index is -3.64. The number of ether oxygens (including phenoxy) is 1. The van der Waals surface area contributed by atoms with Crippen LogP contribution in [-0.4, -0.2) is 45.4 Å². The normalized spacial score (nSPS) is 11.3. The van der Waals surface area contributed by atoms with Gasteiger partial charge in [0.05, 0.1) is 25.3 Å². The monoisotopic (exact) mass is 362 g/mol. The number of nitrogens with one attached hydrogen (secondary N) is 1. The molecule has 9 heteroatoms. The van der Waals surface area contributed by atoms with Gasteiger partial charge in [-0.25, -0.2) is 13.8 Å². The summed E-state index contributed by atoms with van der Waals surface area (Å²) in [4.78, 5) is 15.9. The molecule has 2 aromatic rings. The molecule has 0 fully saturated rings. The van der Waals surface area contributed by atoms with Crippen molar-refractivity contribution >= 4 is 27.8 Å². The Balaban J connectivity index is 2.06. The number of pyridine rings is 1. The summed E-state index contributed by atoms with van der Waals surface area (Å²) in [7, 11) is -2.13. The van der Waals surface area contributed by atoms with Crippen molar-refractivity contribution < 1.29 is 17.9 Å². The van der Waals surface area contributed by atoms with E-state index in [1.807, 2.05) is 0 Å². The zero-order chi connectivity index (χ0) is 18.3. The fourth-order valence-corrected chi connectivity index (χ4v) is 2.80. The van der Waals surface area contributed by atoms with E-state index in [2.05, 4.69) is 15.5 Å². The molecule has 1 amide bonds. The van der Waals surface area contributed by atoms with Crippen LogP contribution in [0.5, 0.6) is 5.75 Å². The van der Waals surface area contributed by atoms with Gasteiger partial charge in [0.15, 0.2) is 0 Å². The van der Waals surface area contributed by atoms with E-state index in [-0.39, 0.29) is 0 Å².